The average Bonchev–Trinajstić information content (AvgIpc) is 2.83. The summed E-state index contributed by atoms with van der Waals surface area (Å²) in [4.78, 5) is 27.2. The van der Waals surface area contributed by atoms with Gasteiger partial charge in [-0.3, -0.25) is 4.79 Å². The molecule has 0 aliphatic heterocycles. The number of aromatic carboxylic acids is 1. The Morgan fingerprint density at radius 2 is 2.05 bits per heavy atom. The number of methoxy groups -OCH3 is 1. The van der Waals surface area contributed by atoms with Crippen LogP contribution in [0.2, 0.25) is 0 Å². The van der Waals surface area contributed by atoms with Gasteiger partial charge in [0.1, 0.15) is 4.88 Å². The van der Waals surface area contributed by atoms with Crippen LogP contribution < -0.4 is 5.32 Å². The van der Waals surface area contributed by atoms with Crippen LogP contribution in [0, 0.1) is 0 Å². The second-order valence-electron chi connectivity index (χ2n) is 4.24. The molecular formula is C14H14N2O4S. The van der Waals surface area contributed by atoms with Gasteiger partial charge >= 0.3 is 5.97 Å². The zero-order valence-corrected chi connectivity index (χ0v) is 12.1. The zero-order valence-electron chi connectivity index (χ0n) is 11.3. The number of anilines is 1. The van der Waals surface area contributed by atoms with Crippen molar-refractivity contribution in [2.24, 2.45) is 0 Å². The molecule has 2 rings (SSSR count). The van der Waals surface area contributed by atoms with Crippen molar-refractivity contribution in [2.45, 2.75) is 13.0 Å². The van der Waals surface area contributed by atoms with Gasteiger partial charge in [0.05, 0.1) is 18.7 Å². The minimum Gasteiger partial charge on any atom is -0.477 e. The van der Waals surface area contributed by atoms with Crippen LogP contribution in [-0.2, 0) is 22.6 Å². The van der Waals surface area contributed by atoms with Crippen LogP contribution in [-0.4, -0.2) is 29.1 Å². The highest BCUT2D eigenvalue weighted by Crippen LogP contribution is 2.23. The maximum absolute atomic E-state index is 11.9. The number of nitrogens with zero attached hydrogens (tertiary/aromatic N) is 1. The van der Waals surface area contributed by atoms with Crippen molar-refractivity contribution < 1.29 is 19.4 Å². The Morgan fingerprint density at radius 1 is 1.33 bits per heavy atom. The van der Waals surface area contributed by atoms with Gasteiger partial charge in [0, 0.05) is 7.11 Å². The van der Waals surface area contributed by atoms with Crippen molar-refractivity contribution in [3.63, 3.8) is 0 Å². The molecule has 2 aromatic rings. The van der Waals surface area contributed by atoms with Gasteiger partial charge in [0.2, 0.25) is 5.91 Å². The topological polar surface area (TPSA) is 88.5 Å². The number of ether oxygens (including phenoxy) is 1. The van der Waals surface area contributed by atoms with Crippen LogP contribution in [0.5, 0.6) is 0 Å². The molecule has 0 fully saturated rings. The number of amides is 1. The molecule has 0 atom stereocenters. The van der Waals surface area contributed by atoms with Gasteiger partial charge in [-0.05, 0) is 5.56 Å². The molecule has 0 aliphatic carbocycles. The number of nitrogens with one attached hydrogen (secondary N) is 1. The van der Waals surface area contributed by atoms with Crippen LogP contribution in [0.3, 0.4) is 0 Å². The average molecular weight is 306 g/mol. The van der Waals surface area contributed by atoms with Crippen molar-refractivity contribution in [1.82, 2.24) is 4.98 Å². The molecule has 110 valence electrons. The third kappa shape index (κ3) is 4.11. The van der Waals surface area contributed by atoms with Crippen LogP contribution in [0.4, 0.5) is 5.13 Å². The molecule has 21 heavy (non-hydrogen) atoms. The molecule has 0 aliphatic rings. The lowest BCUT2D eigenvalue weighted by Gasteiger charge is -2.01. The third-order valence-electron chi connectivity index (χ3n) is 2.63. The number of carboxylic acid groups (broad SMARTS) is 1. The van der Waals surface area contributed by atoms with E-state index in [-0.39, 0.29) is 28.9 Å². The summed E-state index contributed by atoms with van der Waals surface area (Å²) in [7, 11) is 1.46. The summed E-state index contributed by atoms with van der Waals surface area (Å²) in [5.41, 5.74) is 1.19. The number of rotatable bonds is 6. The molecule has 1 aromatic carbocycles. The van der Waals surface area contributed by atoms with Crippen LogP contribution >= 0.6 is 11.3 Å². The summed E-state index contributed by atoms with van der Waals surface area (Å²) in [6.45, 7) is 0.0900. The van der Waals surface area contributed by atoms with E-state index in [1.54, 1.807) is 0 Å². The summed E-state index contributed by atoms with van der Waals surface area (Å²) >= 11 is 0.924. The Labute approximate surface area is 125 Å². The number of thiazole rings is 1. The largest absolute Gasteiger partial charge is 0.477 e. The van der Waals surface area contributed by atoms with Gasteiger partial charge in [-0.2, -0.15) is 0 Å². The zero-order chi connectivity index (χ0) is 15.2. The minimum absolute atomic E-state index is 0.0758. The van der Waals surface area contributed by atoms with E-state index >= 15 is 0 Å². The van der Waals surface area contributed by atoms with E-state index in [1.165, 1.54) is 7.11 Å². The number of carboxylic acids is 1. The molecule has 1 aromatic heterocycles. The predicted octanol–water partition coefficient (Wildman–Crippen LogP) is 2.17. The summed E-state index contributed by atoms with van der Waals surface area (Å²) in [6.07, 6.45) is 0.211. The number of hydrogen-bond donors (Lipinski definition) is 2. The smallest absolute Gasteiger partial charge is 0.347 e. The highest BCUT2D eigenvalue weighted by molar-refractivity contribution is 7.17. The summed E-state index contributed by atoms with van der Waals surface area (Å²) < 4.78 is 4.90. The van der Waals surface area contributed by atoms with Gasteiger partial charge in [0.15, 0.2) is 5.13 Å². The highest BCUT2D eigenvalue weighted by atomic mass is 32.1. The van der Waals surface area contributed by atoms with Crippen molar-refractivity contribution in [3.8, 4) is 0 Å². The molecule has 6 nitrogen and oxygen atoms in total. The normalized spacial score (nSPS) is 10.3. The Bertz CT molecular complexity index is 640. The monoisotopic (exact) mass is 306 g/mol. The summed E-state index contributed by atoms with van der Waals surface area (Å²) in [6, 6.07) is 9.27. The molecule has 0 spiro atoms. The standard InChI is InChI=1S/C14H14N2O4S/c1-20-8-10-12(13(18)19)21-14(15-10)16-11(17)7-9-5-3-2-4-6-9/h2-6H,7-8H2,1H3,(H,18,19)(H,15,16,17). The van der Waals surface area contributed by atoms with Gasteiger partial charge in [-0.15, -0.1) is 0 Å². The van der Waals surface area contributed by atoms with Gasteiger partial charge in [-0.1, -0.05) is 41.7 Å². The van der Waals surface area contributed by atoms with E-state index in [1.807, 2.05) is 30.3 Å². The van der Waals surface area contributed by atoms with E-state index in [9.17, 15) is 9.59 Å². The number of carbonyl (C=O) groups excluding carboxylic acids is 1. The van der Waals surface area contributed by atoms with Crippen molar-refractivity contribution >= 4 is 28.3 Å². The lowest BCUT2D eigenvalue weighted by molar-refractivity contribution is -0.115. The Kier molecular flexibility index (Phi) is 5.02. The fourth-order valence-corrected chi connectivity index (χ4v) is 2.58. The molecule has 0 saturated carbocycles. The molecule has 0 unspecified atom stereocenters. The number of aromatic nitrogens is 1. The molecule has 2 N–H and O–H groups in total. The molecule has 0 radical (unpaired) electrons. The maximum atomic E-state index is 11.9. The molecule has 1 amide bonds. The number of hydrogen-bond acceptors (Lipinski definition) is 5. The maximum Gasteiger partial charge on any atom is 0.347 e. The lowest BCUT2D eigenvalue weighted by Crippen LogP contribution is -2.14. The van der Waals surface area contributed by atoms with E-state index in [2.05, 4.69) is 10.3 Å². The van der Waals surface area contributed by atoms with E-state index in [0.29, 0.717) is 5.69 Å². The van der Waals surface area contributed by atoms with Gasteiger partial charge in [0.25, 0.3) is 0 Å². The molecule has 7 heteroatoms. The third-order valence-corrected chi connectivity index (χ3v) is 3.63. The molecule has 1 heterocycles. The van der Waals surface area contributed by atoms with Crippen LogP contribution in [0.1, 0.15) is 20.9 Å². The first-order valence-electron chi connectivity index (χ1n) is 6.16. The first-order valence-corrected chi connectivity index (χ1v) is 6.97. The van der Waals surface area contributed by atoms with Gasteiger partial charge < -0.3 is 15.2 Å². The second kappa shape index (κ2) is 6.96. The van der Waals surface area contributed by atoms with Gasteiger partial charge in [-0.25, -0.2) is 9.78 Å². The first kappa shape index (κ1) is 15.1. The Balaban J connectivity index is 2.07. The van der Waals surface area contributed by atoms with Crippen LogP contribution in [0.25, 0.3) is 0 Å². The highest BCUT2D eigenvalue weighted by Gasteiger charge is 2.18. The Morgan fingerprint density at radius 3 is 2.67 bits per heavy atom. The van der Waals surface area contributed by atoms with Crippen molar-refractivity contribution in [2.75, 3.05) is 12.4 Å². The predicted molar refractivity (Wildman–Crippen MR) is 78.6 cm³/mol. The second-order valence-corrected chi connectivity index (χ2v) is 5.24. The fourth-order valence-electron chi connectivity index (χ4n) is 1.75. The molecule has 0 saturated heterocycles. The fraction of sp³-hybridized carbons (Fsp3) is 0.214. The van der Waals surface area contributed by atoms with Crippen LogP contribution in [0.15, 0.2) is 30.3 Å². The Hall–Kier alpha value is -2.25. The molecule has 0 bridgehead atoms. The first-order chi connectivity index (χ1) is 10.1. The van der Waals surface area contributed by atoms with Crippen molar-refractivity contribution in [3.05, 3.63) is 46.5 Å². The summed E-state index contributed by atoms with van der Waals surface area (Å²) in [5.74, 6) is -1.32. The van der Waals surface area contributed by atoms with Crippen molar-refractivity contribution in [1.29, 1.82) is 0 Å². The number of carbonyl (C=O) groups is 2. The van der Waals surface area contributed by atoms with E-state index in [0.717, 1.165) is 16.9 Å². The van der Waals surface area contributed by atoms with E-state index < -0.39 is 5.97 Å². The SMILES string of the molecule is COCc1nc(NC(=O)Cc2ccccc2)sc1C(=O)O. The minimum atomic E-state index is -1.08. The van der Waals surface area contributed by atoms with E-state index in [4.69, 9.17) is 9.84 Å². The molecular weight excluding hydrogens is 292 g/mol. The lowest BCUT2D eigenvalue weighted by atomic mass is 10.1. The number of benzene rings is 1. The summed E-state index contributed by atoms with van der Waals surface area (Å²) in [5, 5.41) is 12.0. The quantitative estimate of drug-likeness (QED) is 0.854.